The Hall–Kier alpha value is -1.59. The van der Waals surface area contributed by atoms with Gasteiger partial charge >= 0.3 is 0 Å². The number of nitrogens with zero attached hydrogens (tertiary/aromatic N) is 2. The molecule has 2 aliphatic heterocycles. The van der Waals surface area contributed by atoms with E-state index in [4.69, 9.17) is 0 Å². The van der Waals surface area contributed by atoms with Crippen molar-refractivity contribution in [2.45, 2.75) is 32.6 Å². The third kappa shape index (κ3) is 5.72. The lowest BCUT2D eigenvalue weighted by molar-refractivity contribution is -0.116. The Kier molecular flexibility index (Phi) is 6.70. The molecule has 2 fully saturated rings. The third-order valence-corrected chi connectivity index (χ3v) is 5.18. The van der Waals surface area contributed by atoms with Crippen LogP contribution in [0.1, 0.15) is 31.7 Å². The summed E-state index contributed by atoms with van der Waals surface area (Å²) in [6.45, 7) is 10.4. The fourth-order valence-electron chi connectivity index (χ4n) is 3.71. The number of anilines is 2. The topological polar surface area (TPSA) is 47.6 Å². The summed E-state index contributed by atoms with van der Waals surface area (Å²) in [5.74, 6) is 0.260. The summed E-state index contributed by atoms with van der Waals surface area (Å²) in [4.78, 5) is 16.3. The van der Waals surface area contributed by atoms with E-state index >= 15 is 0 Å². The van der Waals surface area contributed by atoms with Gasteiger partial charge in [0.25, 0.3) is 0 Å². The first-order valence-corrected chi connectivity index (χ1v) is 9.76. The van der Waals surface area contributed by atoms with Crippen molar-refractivity contribution in [3.05, 3.63) is 23.8 Å². The van der Waals surface area contributed by atoms with E-state index < -0.39 is 0 Å². The van der Waals surface area contributed by atoms with Crippen molar-refractivity contribution in [3.63, 3.8) is 0 Å². The number of carbonyl (C=O) groups excluding carboxylic acids is 1. The average Bonchev–Trinajstić information content (AvgIpc) is 3.14. The fraction of sp³-hybridized carbons (Fsp3) is 0.650. The highest BCUT2D eigenvalue weighted by Crippen LogP contribution is 2.24. The lowest BCUT2D eigenvalue weighted by Gasteiger charge is -2.30. The zero-order chi connectivity index (χ0) is 17.5. The number of Topliss-reactive ketones (excluding diaryl/α,β-unsaturated/α-hetero) is 1. The first-order chi connectivity index (χ1) is 12.2. The van der Waals surface area contributed by atoms with Gasteiger partial charge in [-0.1, -0.05) is 0 Å². The highest BCUT2D eigenvalue weighted by atomic mass is 16.1. The molecule has 0 bridgehead atoms. The molecule has 25 heavy (non-hydrogen) atoms. The smallest absolute Gasteiger partial charge is 0.130 e. The van der Waals surface area contributed by atoms with Crippen LogP contribution in [0.25, 0.3) is 0 Å². The molecule has 5 heteroatoms. The van der Waals surface area contributed by atoms with Crippen LogP contribution in [-0.4, -0.2) is 63.0 Å². The molecule has 0 amide bonds. The van der Waals surface area contributed by atoms with Crippen molar-refractivity contribution in [2.24, 2.45) is 0 Å². The molecule has 0 atom stereocenters. The predicted molar refractivity (Wildman–Crippen MR) is 105 cm³/mol. The summed E-state index contributed by atoms with van der Waals surface area (Å²) in [7, 11) is 0. The lowest BCUT2D eigenvalue weighted by atomic mass is 10.1. The van der Waals surface area contributed by atoms with Crippen molar-refractivity contribution in [3.8, 4) is 0 Å². The van der Waals surface area contributed by atoms with Gasteiger partial charge in [0.2, 0.25) is 0 Å². The predicted octanol–water partition coefficient (Wildman–Crippen LogP) is 2.13. The summed E-state index contributed by atoms with van der Waals surface area (Å²) in [6.07, 6.45) is 4.13. The monoisotopic (exact) mass is 344 g/mol. The maximum atomic E-state index is 11.4. The molecule has 0 aliphatic carbocycles. The normalized spacial score (nSPS) is 18.5. The van der Waals surface area contributed by atoms with Crippen molar-refractivity contribution < 1.29 is 4.79 Å². The van der Waals surface area contributed by atoms with Gasteiger partial charge in [-0.25, -0.2) is 0 Å². The number of benzene rings is 1. The van der Waals surface area contributed by atoms with Gasteiger partial charge in [-0.3, -0.25) is 0 Å². The molecular weight excluding hydrogens is 312 g/mol. The standard InChI is InChI=1S/C20H32N4O/c1-17(25)4-5-18-14-19(22-8-11-23-9-2-3-10-23)16-20(15-18)24-12-6-21-7-13-24/h14-16,21-22H,2-13H2,1H3. The van der Waals surface area contributed by atoms with Gasteiger partial charge in [-0.15, -0.1) is 0 Å². The zero-order valence-corrected chi connectivity index (χ0v) is 15.5. The summed E-state index contributed by atoms with van der Waals surface area (Å²) in [5.41, 5.74) is 3.73. The van der Waals surface area contributed by atoms with E-state index in [1.54, 1.807) is 6.92 Å². The van der Waals surface area contributed by atoms with Crippen molar-refractivity contribution in [2.75, 3.05) is 62.6 Å². The van der Waals surface area contributed by atoms with E-state index in [0.717, 1.165) is 45.7 Å². The summed E-state index contributed by atoms with van der Waals surface area (Å²) in [5, 5.41) is 7.02. The number of likely N-dealkylation sites (tertiary alicyclic amines) is 1. The second-order valence-corrected chi connectivity index (χ2v) is 7.30. The van der Waals surface area contributed by atoms with Gasteiger partial charge in [-0.2, -0.15) is 0 Å². The molecule has 3 rings (SSSR count). The summed E-state index contributed by atoms with van der Waals surface area (Å²) < 4.78 is 0. The maximum Gasteiger partial charge on any atom is 0.130 e. The largest absolute Gasteiger partial charge is 0.384 e. The zero-order valence-electron chi connectivity index (χ0n) is 15.5. The Labute approximate surface area is 151 Å². The molecule has 0 saturated carbocycles. The molecule has 5 nitrogen and oxygen atoms in total. The molecule has 0 radical (unpaired) electrons. The molecular formula is C20H32N4O. The molecule has 138 valence electrons. The van der Waals surface area contributed by atoms with Gasteiger partial charge in [0, 0.05) is 57.1 Å². The summed E-state index contributed by atoms with van der Waals surface area (Å²) >= 11 is 0. The SMILES string of the molecule is CC(=O)CCc1cc(NCCN2CCCC2)cc(N2CCNCC2)c1. The molecule has 0 unspecified atom stereocenters. The number of hydrogen-bond acceptors (Lipinski definition) is 5. The molecule has 2 N–H and O–H groups in total. The second kappa shape index (κ2) is 9.20. The van der Waals surface area contributed by atoms with E-state index in [9.17, 15) is 4.79 Å². The minimum absolute atomic E-state index is 0.260. The Bertz CT molecular complexity index is 563. The number of piperazine rings is 1. The Morgan fingerprint density at radius 2 is 1.88 bits per heavy atom. The number of hydrogen-bond donors (Lipinski definition) is 2. The maximum absolute atomic E-state index is 11.4. The second-order valence-electron chi connectivity index (χ2n) is 7.30. The average molecular weight is 345 g/mol. The van der Waals surface area contributed by atoms with Crippen molar-refractivity contribution in [1.29, 1.82) is 0 Å². The number of rotatable bonds is 8. The Morgan fingerprint density at radius 1 is 1.12 bits per heavy atom. The Balaban J connectivity index is 1.65. The molecule has 0 aromatic heterocycles. The quantitative estimate of drug-likeness (QED) is 0.756. The Morgan fingerprint density at radius 3 is 2.60 bits per heavy atom. The molecule has 2 aliphatic rings. The van der Waals surface area contributed by atoms with Crippen LogP contribution in [0, 0.1) is 0 Å². The number of ketones is 1. The minimum atomic E-state index is 0.260. The minimum Gasteiger partial charge on any atom is -0.384 e. The highest BCUT2D eigenvalue weighted by molar-refractivity contribution is 5.76. The first kappa shape index (κ1) is 18.2. The first-order valence-electron chi connectivity index (χ1n) is 9.76. The van der Waals surface area contributed by atoms with Gasteiger partial charge in [0.05, 0.1) is 0 Å². The van der Waals surface area contributed by atoms with Gasteiger partial charge in [-0.05, 0) is 63.0 Å². The van der Waals surface area contributed by atoms with Crippen molar-refractivity contribution >= 4 is 17.2 Å². The van der Waals surface area contributed by atoms with E-state index in [1.165, 1.54) is 42.9 Å². The van der Waals surface area contributed by atoms with Gasteiger partial charge in [0.1, 0.15) is 5.78 Å². The molecule has 2 heterocycles. The number of carbonyl (C=O) groups is 1. The van der Waals surface area contributed by atoms with Crippen LogP contribution in [0.4, 0.5) is 11.4 Å². The van der Waals surface area contributed by atoms with Crippen LogP contribution < -0.4 is 15.5 Å². The highest BCUT2D eigenvalue weighted by Gasteiger charge is 2.13. The van der Waals surface area contributed by atoms with Crippen LogP contribution in [0.3, 0.4) is 0 Å². The van der Waals surface area contributed by atoms with E-state index in [1.807, 2.05) is 0 Å². The van der Waals surface area contributed by atoms with Crippen LogP contribution >= 0.6 is 0 Å². The van der Waals surface area contributed by atoms with Crippen molar-refractivity contribution in [1.82, 2.24) is 10.2 Å². The third-order valence-electron chi connectivity index (χ3n) is 5.18. The number of aryl methyl sites for hydroxylation is 1. The molecule has 1 aromatic rings. The van der Waals surface area contributed by atoms with Crippen LogP contribution in [0.5, 0.6) is 0 Å². The molecule has 2 saturated heterocycles. The lowest BCUT2D eigenvalue weighted by Crippen LogP contribution is -2.43. The van der Waals surface area contributed by atoms with Gasteiger partial charge < -0.3 is 25.2 Å². The van der Waals surface area contributed by atoms with E-state index in [0.29, 0.717) is 6.42 Å². The number of nitrogens with one attached hydrogen (secondary N) is 2. The van der Waals surface area contributed by atoms with Crippen LogP contribution in [0.2, 0.25) is 0 Å². The van der Waals surface area contributed by atoms with E-state index in [2.05, 4.69) is 38.6 Å². The van der Waals surface area contributed by atoms with Crippen LogP contribution in [-0.2, 0) is 11.2 Å². The van der Waals surface area contributed by atoms with E-state index in [-0.39, 0.29) is 5.78 Å². The molecule has 0 spiro atoms. The van der Waals surface area contributed by atoms with Gasteiger partial charge in [0.15, 0.2) is 0 Å². The summed E-state index contributed by atoms with van der Waals surface area (Å²) in [6, 6.07) is 6.76. The van der Waals surface area contributed by atoms with Crippen LogP contribution in [0.15, 0.2) is 18.2 Å². The fourth-order valence-corrected chi connectivity index (χ4v) is 3.71. The molecule has 1 aromatic carbocycles.